The Bertz CT molecular complexity index is 788. The Hall–Kier alpha value is -2.22. The summed E-state index contributed by atoms with van der Waals surface area (Å²) in [7, 11) is 0. The molecule has 0 amide bonds. The zero-order valence-corrected chi connectivity index (χ0v) is 15.5. The second kappa shape index (κ2) is 6.59. The van der Waals surface area contributed by atoms with Crippen LogP contribution >= 0.6 is 0 Å². The first kappa shape index (κ1) is 16.3. The maximum Gasteiger partial charge on any atom is 0.0556 e. The van der Waals surface area contributed by atoms with Crippen molar-refractivity contribution in [3.05, 3.63) is 71.3 Å². The summed E-state index contributed by atoms with van der Waals surface area (Å²) >= 11 is 0. The first-order valence-corrected chi connectivity index (χ1v) is 9.60. The molecule has 0 spiro atoms. The number of aryl methyl sites for hydroxylation is 1. The number of nitrogens with zero attached hydrogens (tertiary/aromatic N) is 1. The molecule has 0 radical (unpaired) electrons. The van der Waals surface area contributed by atoms with Crippen molar-refractivity contribution in [2.75, 3.05) is 23.3 Å². The first-order valence-electron chi connectivity index (χ1n) is 9.60. The number of rotatable bonds is 4. The fourth-order valence-electron chi connectivity index (χ4n) is 4.61. The molecule has 1 heterocycles. The van der Waals surface area contributed by atoms with Crippen molar-refractivity contribution >= 4 is 11.4 Å². The third-order valence-electron chi connectivity index (χ3n) is 6.00. The summed E-state index contributed by atoms with van der Waals surface area (Å²) < 4.78 is 0. The fourth-order valence-corrected chi connectivity index (χ4v) is 4.61. The molecule has 1 aliphatic carbocycles. The van der Waals surface area contributed by atoms with Crippen LogP contribution in [-0.4, -0.2) is 13.1 Å². The molecule has 2 nitrogen and oxygen atoms in total. The van der Waals surface area contributed by atoms with Crippen molar-refractivity contribution in [1.29, 1.82) is 0 Å². The molecular weight excluding hydrogens is 304 g/mol. The van der Waals surface area contributed by atoms with Crippen LogP contribution in [0.5, 0.6) is 0 Å². The summed E-state index contributed by atoms with van der Waals surface area (Å²) in [4.78, 5) is 2.43. The van der Waals surface area contributed by atoms with E-state index in [1.54, 1.807) is 0 Å². The minimum absolute atomic E-state index is 0.396. The van der Waals surface area contributed by atoms with Crippen LogP contribution in [0.2, 0.25) is 0 Å². The van der Waals surface area contributed by atoms with Crippen LogP contribution in [0.4, 0.5) is 11.4 Å². The number of benzene rings is 2. The molecule has 130 valence electrons. The summed E-state index contributed by atoms with van der Waals surface area (Å²) in [6.45, 7) is 8.80. The number of anilines is 2. The standard InChI is InChI=1S/C23H28N2/c1-4-25(5-2)17-13-14-22-21(15-17)19-11-8-12-20(19)23(24-22)18-10-7-6-9-16(18)3/h6-11,13-15,19-20,23-24H,4-5,12H2,1-3H3. The van der Waals surface area contributed by atoms with Crippen LogP contribution in [0.1, 0.15) is 48.9 Å². The highest BCUT2D eigenvalue weighted by Crippen LogP contribution is 2.50. The lowest BCUT2D eigenvalue weighted by Gasteiger charge is -2.39. The summed E-state index contributed by atoms with van der Waals surface area (Å²) in [6.07, 6.45) is 5.97. The smallest absolute Gasteiger partial charge is 0.0556 e. The van der Waals surface area contributed by atoms with Gasteiger partial charge in [0.15, 0.2) is 0 Å². The zero-order chi connectivity index (χ0) is 17.4. The Kier molecular flexibility index (Phi) is 4.29. The van der Waals surface area contributed by atoms with Crippen molar-refractivity contribution in [3.8, 4) is 0 Å². The summed E-state index contributed by atoms with van der Waals surface area (Å²) in [6, 6.07) is 16.2. The van der Waals surface area contributed by atoms with Crippen LogP contribution in [-0.2, 0) is 0 Å². The molecular formula is C23H28N2. The monoisotopic (exact) mass is 332 g/mol. The van der Waals surface area contributed by atoms with Crippen molar-refractivity contribution in [2.24, 2.45) is 5.92 Å². The zero-order valence-electron chi connectivity index (χ0n) is 15.5. The molecule has 0 fully saturated rings. The van der Waals surface area contributed by atoms with E-state index in [-0.39, 0.29) is 0 Å². The predicted octanol–water partition coefficient (Wildman–Crippen LogP) is 5.67. The molecule has 1 aliphatic heterocycles. The third kappa shape index (κ3) is 2.74. The van der Waals surface area contributed by atoms with Gasteiger partial charge < -0.3 is 10.2 Å². The Morgan fingerprint density at radius 2 is 1.84 bits per heavy atom. The molecule has 2 heteroatoms. The van der Waals surface area contributed by atoms with Gasteiger partial charge in [-0.15, -0.1) is 0 Å². The predicted molar refractivity (Wildman–Crippen MR) is 108 cm³/mol. The van der Waals surface area contributed by atoms with Gasteiger partial charge in [0.1, 0.15) is 0 Å². The minimum Gasteiger partial charge on any atom is -0.378 e. The fraction of sp³-hybridized carbons (Fsp3) is 0.391. The number of hydrogen-bond acceptors (Lipinski definition) is 2. The average Bonchev–Trinajstić information content (AvgIpc) is 3.13. The number of hydrogen-bond donors (Lipinski definition) is 1. The molecule has 0 saturated carbocycles. The second-order valence-electron chi connectivity index (χ2n) is 7.28. The highest BCUT2D eigenvalue weighted by Gasteiger charge is 2.38. The van der Waals surface area contributed by atoms with Gasteiger partial charge in [-0.2, -0.15) is 0 Å². The van der Waals surface area contributed by atoms with Gasteiger partial charge in [0.2, 0.25) is 0 Å². The quantitative estimate of drug-likeness (QED) is 0.726. The van der Waals surface area contributed by atoms with E-state index in [2.05, 4.69) is 85.6 Å². The van der Waals surface area contributed by atoms with Gasteiger partial charge in [-0.05, 0) is 68.0 Å². The van der Waals surface area contributed by atoms with Gasteiger partial charge >= 0.3 is 0 Å². The van der Waals surface area contributed by atoms with Gasteiger partial charge in [0.05, 0.1) is 6.04 Å². The van der Waals surface area contributed by atoms with Crippen LogP contribution in [0.25, 0.3) is 0 Å². The van der Waals surface area contributed by atoms with E-state index in [1.807, 2.05) is 0 Å². The summed E-state index contributed by atoms with van der Waals surface area (Å²) in [5, 5.41) is 3.87. The van der Waals surface area contributed by atoms with E-state index in [1.165, 1.54) is 28.1 Å². The molecule has 0 aromatic heterocycles. The lowest BCUT2D eigenvalue weighted by Crippen LogP contribution is -2.30. The second-order valence-corrected chi connectivity index (χ2v) is 7.28. The van der Waals surface area contributed by atoms with E-state index in [4.69, 9.17) is 0 Å². The van der Waals surface area contributed by atoms with Crippen LogP contribution < -0.4 is 10.2 Å². The average molecular weight is 332 g/mol. The largest absolute Gasteiger partial charge is 0.378 e. The number of nitrogens with one attached hydrogen (secondary N) is 1. The number of allylic oxidation sites excluding steroid dienone is 2. The molecule has 2 aromatic carbocycles. The van der Waals surface area contributed by atoms with Crippen molar-refractivity contribution in [3.63, 3.8) is 0 Å². The van der Waals surface area contributed by atoms with Gasteiger partial charge in [-0.25, -0.2) is 0 Å². The lowest BCUT2D eigenvalue weighted by molar-refractivity contribution is 0.424. The Morgan fingerprint density at radius 1 is 1.04 bits per heavy atom. The maximum absolute atomic E-state index is 3.87. The van der Waals surface area contributed by atoms with E-state index >= 15 is 0 Å². The van der Waals surface area contributed by atoms with Gasteiger partial charge in [-0.3, -0.25) is 0 Å². The Morgan fingerprint density at radius 3 is 2.60 bits per heavy atom. The van der Waals surface area contributed by atoms with Crippen molar-refractivity contribution < 1.29 is 0 Å². The van der Waals surface area contributed by atoms with E-state index in [9.17, 15) is 0 Å². The highest BCUT2D eigenvalue weighted by atomic mass is 15.1. The topological polar surface area (TPSA) is 15.3 Å². The van der Waals surface area contributed by atoms with Gasteiger partial charge in [0.25, 0.3) is 0 Å². The van der Waals surface area contributed by atoms with Crippen LogP contribution in [0, 0.1) is 12.8 Å². The molecule has 2 aromatic rings. The maximum atomic E-state index is 3.87. The Balaban J connectivity index is 1.75. The molecule has 0 bridgehead atoms. The molecule has 4 rings (SSSR count). The molecule has 0 saturated heterocycles. The normalized spacial score (nSPS) is 23.7. The summed E-state index contributed by atoms with van der Waals surface area (Å²) in [5.74, 6) is 1.14. The minimum atomic E-state index is 0.396. The SMILES string of the molecule is CCN(CC)c1ccc2c(c1)C1C=CCC1C(c1ccccc1C)N2. The molecule has 3 atom stereocenters. The first-order chi connectivity index (χ1) is 12.2. The van der Waals surface area contributed by atoms with Crippen molar-refractivity contribution in [2.45, 2.75) is 39.2 Å². The van der Waals surface area contributed by atoms with Crippen molar-refractivity contribution in [1.82, 2.24) is 0 Å². The van der Waals surface area contributed by atoms with Gasteiger partial charge in [-0.1, -0.05) is 36.4 Å². The van der Waals surface area contributed by atoms with E-state index in [0.717, 1.165) is 19.5 Å². The lowest BCUT2D eigenvalue weighted by atomic mass is 9.76. The molecule has 2 aliphatic rings. The third-order valence-corrected chi connectivity index (χ3v) is 6.00. The summed E-state index contributed by atoms with van der Waals surface area (Å²) in [5.41, 5.74) is 6.94. The van der Waals surface area contributed by atoms with E-state index in [0.29, 0.717) is 17.9 Å². The van der Waals surface area contributed by atoms with E-state index < -0.39 is 0 Å². The van der Waals surface area contributed by atoms with Crippen LogP contribution in [0.3, 0.4) is 0 Å². The molecule has 3 unspecified atom stereocenters. The molecule has 25 heavy (non-hydrogen) atoms. The Labute approximate surface area is 151 Å². The van der Waals surface area contributed by atoms with Gasteiger partial charge in [0, 0.05) is 30.4 Å². The number of fused-ring (bicyclic) bond motifs is 3. The van der Waals surface area contributed by atoms with Crippen LogP contribution in [0.15, 0.2) is 54.6 Å². The highest BCUT2D eigenvalue weighted by molar-refractivity contribution is 5.66. The molecule has 1 N–H and O–H groups in total.